The summed E-state index contributed by atoms with van der Waals surface area (Å²) in [7, 11) is 1.86. The summed E-state index contributed by atoms with van der Waals surface area (Å²) in [5, 5.41) is 4.35. The molecule has 1 aliphatic heterocycles. The van der Waals surface area contributed by atoms with Crippen LogP contribution in [0.1, 0.15) is 42.7 Å². The van der Waals surface area contributed by atoms with Crippen LogP contribution in [0.5, 0.6) is 0 Å². The van der Waals surface area contributed by atoms with Gasteiger partial charge in [0.25, 0.3) is 5.91 Å². The molecule has 0 saturated carbocycles. The van der Waals surface area contributed by atoms with E-state index in [0.717, 1.165) is 37.1 Å². The maximum atomic E-state index is 12.7. The Kier molecular flexibility index (Phi) is 4.24. The summed E-state index contributed by atoms with van der Waals surface area (Å²) in [5.41, 5.74) is 7.47. The second kappa shape index (κ2) is 5.74. The van der Waals surface area contributed by atoms with E-state index in [2.05, 4.69) is 12.0 Å². The van der Waals surface area contributed by atoms with Crippen LogP contribution >= 0.6 is 0 Å². The molecule has 0 aromatic carbocycles. The van der Waals surface area contributed by atoms with Crippen molar-refractivity contribution in [2.75, 3.05) is 13.1 Å². The number of hydrogen-bond acceptors (Lipinski definition) is 3. The number of amides is 1. The highest BCUT2D eigenvalue weighted by atomic mass is 16.2. The summed E-state index contributed by atoms with van der Waals surface area (Å²) in [4.78, 5) is 14.7. The topological polar surface area (TPSA) is 64.2 Å². The third kappa shape index (κ3) is 2.66. The Bertz CT molecular complexity index is 454. The van der Waals surface area contributed by atoms with Gasteiger partial charge in [0.2, 0.25) is 0 Å². The van der Waals surface area contributed by atoms with Gasteiger partial charge in [0, 0.05) is 32.4 Å². The molecule has 19 heavy (non-hydrogen) atoms. The Hall–Kier alpha value is -1.36. The SMILES string of the molecule is CCc1nn(C)cc1C(=O)N1CCCC(C)C1CN. The van der Waals surface area contributed by atoms with Gasteiger partial charge in [-0.2, -0.15) is 5.10 Å². The highest BCUT2D eigenvalue weighted by Crippen LogP contribution is 2.25. The van der Waals surface area contributed by atoms with Gasteiger partial charge in [-0.3, -0.25) is 9.48 Å². The predicted molar refractivity (Wildman–Crippen MR) is 74.9 cm³/mol. The number of carbonyl (C=O) groups excluding carboxylic acids is 1. The summed E-state index contributed by atoms with van der Waals surface area (Å²) in [6, 6.07) is 0.158. The molecule has 0 bridgehead atoms. The van der Waals surface area contributed by atoms with Crippen LogP contribution in [0.3, 0.4) is 0 Å². The summed E-state index contributed by atoms with van der Waals surface area (Å²) in [6.07, 6.45) is 4.82. The van der Waals surface area contributed by atoms with E-state index in [1.54, 1.807) is 4.68 Å². The molecule has 106 valence electrons. The Morgan fingerprint density at radius 1 is 1.58 bits per heavy atom. The fourth-order valence-electron chi connectivity index (χ4n) is 2.99. The Morgan fingerprint density at radius 3 is 2.95 bits per heavy atom. The molecule has 2 unspecified atom stereocenters. The Labute approximate surface area is 114 Å². The number of piperidine rings is 1. The molecule has 2 heterocycles. The van der Waals surface area contributed by atoms with Crippen LogP contribution in [0.2, 0.25) is 0 Å². The molecular weight excluding hydrogens is 240 g/mol. The van der Waals surface area contributed by atoms with E-state index in [0.29, 0.717) is 12.5 Å². The zero-order valence-electron chi connectivity index (χ0n) is 12.1. The molecule has 1 aromatic heterocycles. The molecule has 1 aromatic rings. The number of carbonyl (C=O) groups is 1. The Balaban J connectivity index is 2.26. The van der Waals surface area contributed by atoms with Crippen LogP contribution in [0.4, 0.5) is 0 Å². The van der Waals surface area contributed by atoms with Crippen molar-refractivity contribution in [1.82, 2.24) is 14.7 Å². The highest BCUT2D eigenvalue weighted by molar-refractivity contribution is 5.95. The quantitative estimate of drug-likeness (QED) is 0.891. The molecule has 1 amide bonds. The van der Waals surface area contributed by atoms with E-state index in [1.165, 1.54) is 0 Å². The predicted octanol–water partition coefficient (Wildman–Crippen LogP) is 1.18. The van der Waals surface area contributed by atoms with Crippen molar-refractivity contribution in [3.8, 4) is 0 Å². The third-order valence-electron chi connectivity index (χ3n) is 4.09. The van der Waals surface area contributed by atoms with Crippen molar-refractivity contribution in [1.29, 1.82) is 0 Å². The Morgan fingerprint density at radius 2 is 2.32 bits per heavy atom. The van der Waals surface area contributed by atoms with Crippen LogP contribution in [0, 0.1) is 5.92 Å². The number of nitrogens with zero attached hydrogens (tertiary/aromatic N) is 3. The number of hydrogen-bond donors (Lipinski definition) is 1. The second-order valence-corrected chi connectivity index (χ2v) is 5.44. The smallest absolute Gasteiger partial charge is 0.257 e. The van der Waals surface area contributed by atoms with Gasteiger partial charge in [-0.25, -0.2) is 0 Å². The van der Waals surface area contributed by atoms with Gasteiger partial charge in [-0.15, -0.1) is 0 Å². The number of likely N-dealkylation sites (tertiary alicyclic amines) is 1. The van der Waals surface area contributed by atoms with E-state index in [9.17, 15) is 4.79 Å². The number of aromatic nitrogens is 2. The zero-order chi connectivity index (χ0) is 14.0. The lowest BCUT2D eigenvalue weighted by molar-refractivity contribution is 0.0531. The summed E-state index contributed by atoms with van der Waals surface area (Å²) < 4.78 is 1.72. The first kappa shape index (κ1) is 14.1. The van der Waals surface area contributed by atoms with Gasteiger partial charge in [-0.1, -0.05) is 13.8 Å². The van der Waals surface area contributed by atoms with Crippen molar-refractivity contribution in [3.05, 3.63) is 17.5 Å². The first-order valence-corrected chi connectivity index (χ1v) is 7.12. The first-order valence-electron chi connectivity index (χ1n) is 7.12. The average molecular weight is 264 g/mol. The minimum atomic E-state index is 0.0898. The summed E-state index contributed by atoms with van der Waals surface area (Å²) in [6.45, 7) is 5.55. The normalized spacial score (nSPS) is 23.7. The summed E-state index contributed by atoms with van der Waals surface area (Å²) in [5.74, 6) is 0.566. The van der Waals surface area contributed by atoms with Crippen LogP contribution in [0.25, 0.3) is 0 Å². The molecule has 5 heteroatoms. The molecule has 1 fully saturated rings. The molecule has 1 aliphatic rings. The van der Waals surface area contributed by atoms with Crippen molar-refractivity contribution in [3.63, 3.8) is 0 Å². The monoisotopic (exact) mass is 264 g/mol. The third-order valence-corrected chi connectivity index (χ3v) is 4.09. The molecule has 5 nitrogen and oxygen atoms in total. The van der Waals surface area contributed by atoms with Crippen LogP contribution < -0.4 is 5.73 Å². The van der Waals surface area contributed by atoms with E-state index in [-0.39, 0.29) is 11.9 Å². The molecule has 1 saturated heterocycles. The minimum Gasteiger partial charge on any atom is -0.334 e. The van der Waals surface area contributed by atoms with Crippen molar-refractivity contribution in [2.45, 2.75) is 39.2 Å². The molecule has 2 atom stereocenters. The number of rotatable bonds is 3. The van der Waals surface area contributed by atoms with E-state index >= 15 is 0 Å². The van der Waals surface area contributed by atoms with Gasteiger partial charge in [0.15, 0.2) is 0 Å². The van der Waals surface area contributed by atoms with Crippen LogP contribution in [-0.2, 0) is 13.5 Å². The fourth-order valence-corrected chi connectivity index (χ4v) is 2.99. The van der Waals surface area contributed by atoms with Crippen molar-refractivity contribution >= 4 is 5.91 Å². The second-order valence-electron chi connectivity index (χ2n) is 5.44. The molecule has 0 radical (unpaired) electrons. The maximum Gasteiger partial charge on any atom is 0.257 e. The van der Waals surface area contributed by atoms with Gasteiger partial charge < -0.3 is 10.6 Å². The molecule has 2 rings (SSSR count). The van der Waals surface area contributed by atoms with Crippen LogP contribution in [-0.4, -0.2) is 39.7 Å². The number of aryl methyl sites for hydroxylation is 2. The van der Waals surface area contributed by atoms with Crippen molar-refractivity contribution < 1.29 is 4.79 Å². The van der Waals surface area contributed by atoms with Gasteiger partial charge in [-0.05, 0) is 25.2 Å². The minimum absolute atomic E-state index is 0.0898. The summed E-state index contributed by atoms with van der Waals surface area (Å²) >= 11 is 0. The van der Waals surface area contributed by atoms with Gasteiger partial charge >= 0.3 is 0 Å². The van der Waals surface area contributed by atoms with E-state index in [1.807, 2.05) is 25.1 Å². The van der Waals surface area contributed by atoms with E-state index in [4.69, 9.17) is 5.73 Å². The van der Waals surface area contributed by atoms with E-state index < -0.39 is 0 Å². The lowest BCUT2D eigenvalue weighted by Gasteiger charge is -2.39. The first-order chi connectivity index (χ1) is 9.08. The van der Waals surface area contributed by atoms with Gasteiger partial charge in [0.1, 0.15) is 0 Å². The standard InChI is InChI=1S/C14H24N4O/c1-4-12-11(9-17(3)16-12)14(19)18-7-5-6-10(2)13(18)8-15/h9-10,13H,4-8,15H2,1-3H3. The molecular formula is C14H24N4O. The lowest BCUT2D eigenvalue weighted by atomic mass is 9.90. The zero-order valence-corrected chi connectivity index (χ0v) is 12.1. The molecule has 0 spiro atoms. The maximum absolute atomic E-state index is 12.7. The van der Waals surface area contributed by atoms with Crippen LogP contribution in [0.15, 0.2) is 6.20 Å². The molecule has 2 N–H and O–H groups in total. The van der Waals surface area contributed by atoms with Crippen molar-refractivity contribution in [2.24, 2.45) is 18.7 Å². The highest BCUT2D eigenvalue weighted by Gasteiger charge is 2.32. The molecule has 0 aliphatic carbocycles. The fraction of sp³-hybridized carbons (Fsp3) is 0.714. The van der Waals surface area contributed by atoms with Gasteiger partial charge in [0.05, 0.1) is 11.3 Å². The lowest BCUT2D eigenvalue weighted by Crippen LogP contribution is -2.51. The average Bonchev–Trinajstić information content (AvgIpc) is 2.78. The largest absolute Gasteiger partial charge is 0.334 e. The number of nitrogens with two attached hydrogens (primary N) is 1.